The van der Waals surface area contributed by atoms with Gasteiger partial charge in [0.05, 0.1) is 19.2 Å². The molecule has 9 nitrogen and oxygen atoms in total. The van der Waals surface area contributed by atoms with Crippen molar-refractivity contribution in [1.29, 1.82) is 0 Å². The highest BCUT2D eigenvalue weighted by Crippen LogP contribution is 2.39. The fraction of sp³-hybridized carbons (Fsp3) is 0.320. The van der Waals surface area contributed by atoms with Gasteiger partial charge in [-0.15, -0.1) is 0 Å². The van der Waals surface area contributed by atoms with Crippen molar-refractivity contribution < 1.29 is 27.5 Å². The van der Waals surface area contributed by atoms with Crippen molar-refractivity contribution >= 4 is 17.6 Å². The van der Waals surface area contributed by atoms with E-state index in [1.807, 2.05) is 0 Å². The van der Waals surface area contributed by atoms with Crippen molar-refractivity contribution in [3.63, 3.8) is 0 Å². The Morgan fingerprint density at radius 3 is 2.54 bits per heavy atom. The molecule has 0 spiro atoms. The summed E-state index contributed by atoms with van der Waals surface area (Å²) in [5.41, 5.74) is 12.8. The molecule has 1 fully saturated rings. The fourth-order valence-corrected chi connectivity index (χ4v) is 4.45. The van der Waals surface area contributed by atoms with Crippen molar-refractivity contribution in [3.8, 4) is 17.0 Å². The van der Waals surface area contributed by atoms with Crippen LogP contribution in [-0.2, 0) is 6.54 Å². The zero-order valence-corrected chi connectivity index (χ0v) is 20.3. The first-order valence-electron chi connectivity index (χ1n) is 11.5. The largest absolute Gasteiger partial charge is 0.496 e. The Balaban J connectivity index is 1.56. The van der Waals surface area contributed by atoms with Crippen LogP contribution in [0, 0.1) is 5.82 Å². The molecule has 0 saturated carbocycles. The van der Waals surface area contributed by atoms with Crippen LogP contribution in [0.4, 0.5) is 19.0 Å². The molecule has 1 atom stereocenters. The van der Waals surface area contributed by atoms with Crippen LogP contribution in [0.5, 0.6) is 5.75 Å². The van der Waals surface area contributed by atoms with E-state index in [9.17, 15) is 22.8 Å². The number of rotatable bonds is 7. The summed E-state index contributed by atoms with van der Waals surface area (Å²) in [5.74, 6) is -5.06. The molecule has 37 heavy (non-hydrogen) atoms. The van der Waals surface area contributed by atoms with Crippen LogP contribution < -0.4 is 21.5 Å². The monoisotopic (exact) mass is 516 g/mol. The lowest BCUT2D eigenvalue weighted by atomic mass is 10.0. The van der Waals surface area contributed by atoms with Gasteiger partial charge in [0, 0.05) is 18.7 Å². The number of piperidine rings is 1. The molecule has 3 aromatic rings. The summed E-state index contributed by atoms with van der Waals surface area (Å²) in [6.45, 7) is 0.0721. The maximum Gasteiger partial charge on any atom is 0.282 e. The standard InChI is InChI=1S/C25H27F3N6O3/c1-33-10-9-19(25(27,28)13-33)34-22(29)20(23(30)35)21(32-34)15-5-3-14(4-6-15)12-31-24(36)17-11-16(26)7-8-18(17)37-2/h3-8,11,19H,9-10,12-13,29H2,1-2H3,(H2,30,35)(H,31,36). The Labute approximate surface area is 211 Å². The molecule has 2 amide bonds. The Hall–Kier alpha value is -4.06. The minimum atomic E-state index is -3.11. The molecule has 2 aromatic carbocycles. The maximum atomic E-state index is 14.8. The van der Waals surface area contributed by atoms with E-state index in [2.05, 4.69) is 10.4 Å². The number of methoxy groups -OCH3 is 1. The van der Waals surface area contributed by atoms with Gasteiger partial charge in [-0.05, 0) is 37.2 Å². The van der Waals surface area contributed by atoms with Crippen LogP contribution >= 0.6 is 0 Å². The van der Waals surface area contributed by atoms with Crippen molar-refractivity contribution in [2.24, 2.45) is 5.73 Å². The number of aromatic nitrogens is 2. The molecule has 12 heteroatoms. The first-order valence-corrected chi connectivity index (χ1v) is 11.5. The second kappa shape index (κ2) is 10.1. The van der Waals surface area contributed by atoms with Gasteiger partial charge in [0.2, 0.25) is 0 Å². The number of ether oxygens (including phenoxy) is 1. The van der Waals surface area contributed by atoms with Crippen molar-refractivity contribution in [2.75, 3.05) is 33.0 Å². The first-order chi connectivity index (χ1) is 17.5. The molecule has 2 heterocycles. The third kappa shape index (κ3) is 5.24. The number of amides is 2. The smallest absolute Gasteiger partial charge is 0.282 e. The van der Waals surface area contributed by atoms with Crippen molar-refractivity contribution in [2.45, 2.75) is 24.9 Å². The minimum Gasteiger partial charge on any atom is -0.496 e. The molecule has 0 aliphatic carbocycles. The third-order valence-electron chi connectivity index (χ3n) is 6.33. The quantitative estimate of drug-likeness (QED) is 0.443. The minimum absolute atomic E-state index is 0.0527. The summed E-state index contributed by atoms with van der Waals surface area (Å²) in [6.07, 6.45) is 0.0990. The number of anilines is 1. The Morgan fingerprint density at radius 2 is 1.92 bits per heavy atom. The van der Waals surface area contributed by atoms with Gasteiger partial charge in [-0.1, -0.05) is 24.3 Å². The Morgan fingerprint density at radius 1 is 1.22 bits per heavy atom. The molecule has 1 aliphatic heterocycles. The molecule has 4 rings (SSSR count). The van der Waals surface area contributed by atoms with Crippen LogP contribution in [0.25, 0.3) is 11.3 Å². The molecule has 0 radical (unpaired) electrons. The lowest BCUT2D eigenvalue weighted by molar-refractivity contribution is -0.101. The van der Waals surface area contributed by atoms with E-state index in [4.69, 9.17) is 16.2 Å². The first kappa shape index (κ1) is 26.0. The molecule has 196 valence electrons. The van der Waals surface area contributed by atoms with Gasteiger partial charge in [0.15, 0.2) is 0 Å². The number of nitrogens with zero attached hydrogens (tertiary/aromatic N) is 3. The fourth-order valence-electron chi connectivity index (χ4n) is 4.45. The van der Waals surface area contributed by atoms with E-state index in [-0.39, 0.29) is 41.4 Å². The number of carbonyl (C=O) groups is 2. The van der Waals surface area contributed by atoms with Gasteiger partial charge >= 0.3 is 0 Å². The number of alkyl halides is 2. The van der Waals surface area contributed by atoms with E-state index in [0.717, 1.165) is 10.7 Å². The van der Waals surface area contributed by atoms with E-state index in [1.165, 1.54) is 24.1 Å². The van der Waals surface area contributed by atoms with Crippen LogP contribution in [0.15, 0.2) is 42.5 Å². The van der Waals surface area contributed by atoms with Gasteiger partial charge in [-0.2, -0.15) is 5.10 Å². The molecule has 1 aliphatic rings. The normalized spacial score (nSPS) is 17.4. The summed E-state index contributed by atoms with van der Waals surface area (Å²) in [6, 6.07) is 8.90. The summed E-state index contributed by atoms with van der Waals surface area (Å²) < 4.78 is 49.3. The van der Waals surface area contributed by atoms with Crippen molar-refractivity contribution in [1.82, 2.24) is 20.0 Å². The SMILES string of the molecule is COc1ccc(F)cc1C(=O)NCc1ccc(-c2nn(C3CCN(C)CC3(F)F)c(N)c2C(N)=O)cc1. The molecule has 1 saturated heterocycles. The molecule has 5 N–H and O–H groups in total. The predicted molar refractivity (Wildman–Crippen MR) is 131 cm³/mol. The summed E-state index contributed by atoms with van der Waals surface area (Å²) in [4.78, 5) is 26.2. The third-order valence-corrected chi connectivity index (χ3v) is 6.33. The molecular weight excluding hydrogens is 489 g/mol. The predicted octanol–water partition coefficient (Wildman–Crippen LogP) is 2.82. The van der Waals surface area contributed by atoms with E-state index >= 15 is 0 Å². The number of nitrogens with two attached hydrogens (primary N) is 2. The maximum absolute atomic E-state index is 14.8. The van der Waals surface area contributed by atoms with Gasteiger partial charge in [0.25, 0.3) is 17.7 Å². The zero-order chi connectivity index (χ0) is 26.9. The van der Waals surface area contributed by atoms with Gasteiger partial charge in [0.1, 0.15) is 34.7 Å². The molecule has 0 bridgehead atoms. The number of halogens is 3. The highest BCUT2D eigenvalue weighted by Gasteiger charge is 2.46. The second-order valence-corrected chi connectivity index (χ2v) is 8.95. The summed E-state index contributed by atoms with van der Waals surface area (Å²) >= 11 is 0. The van der Waals surface area contributed by atoms with Crippen molar-refractivity contribution in [3.05, 3.63) is 65.0 Å². The molecule has 1 aromatic heterocycles. The summed E-state index contributed by atoms with van der Waals surface area (Å²) in [7, 11) is 2.99. The number of benzene rings is 2. The Bertz CT molecular complexity index is 1330. The van der Waals surface area contributed by atoms with Crippen LogP contribution in [0.1, 0.15) is 38.7 Å². The lowest BCUT2D eigenvalue weighted by Gasteiger charge is -2.36. The lowest BCUT2D eigenvalue weighted by Crippen LogP contribution is -2.48. The zero-order valence-electron chi connectivity index (χ0n) is 20.3. The topological polar surface area (TPSA) is 128 Å². The highest BCUT2D eigenvalue weighted by atomic mass is 19.3. The average Bonchev–Trinajstić information content (AvgIpc) is 3.19. The van der Waals surface area contributed by atoms with Gasteiger partial charge in [-0.3, -0.25) is 9.59 Å². The number of nitrogen functional groups attached to an aromatic ring is 1. The Kier molecular flexibility index (Phi) is 7.12. The van der Waals surface area contributed by atoms with Crippen LogP contribution in [-0.4, -0.2) is 59.7 Å². The second-order valence-electron chi connectivity index (χ2n) is 8.95. The number of hydrogen-bond acceptors (Lipinski definition) is 6. The highest BCUT2D eigenvalue weighted by molar-refractivity contribution is 6.03. The van der Waals surface area contributed by atoms with E-state index in [0.29, 0.717) is 17.7 Å². The average molecular weight is 517 g/mol. The number of hydrogen-bond donors (Lipinski definition) is 3. The van der Waals surface area contributed by atoms with Crippen LogP contribution in [0.2, 0.25) is 0 Å². The van der Waals surface area contributed by atoms with Gasteiger partial charge in [-0.25, -0.2) is 17.9 Å². The number of likely N-dealkylation sites (tertiary alicyclic amines) is 1. The van der Waals surface area contributed by atoms with E-state index in [1.54, 1.807) is 31.3 Å². The number of nitrogens with one attached hydrogen (secondary N) is 1. The number of primary amides is 1. The van der Waals surface area contributed by atoms with Gasteiger partial charge < -0.3 is 26.4 Å². The van der Waals surface area contributed by atoms with E-state index < -0.39 is 36.1 Å². The molecule has 1 unspecified atom stereocenters. The number of carbonyl (C=O) groups excluding carboxylic acids is 2. The summed E-state index contributed by atoms with van der Waals surface area (Å²) in [5, 5.41) is 6.98. The van der Waals surface area contributed by atoms with Crippen LogP contribution in [0.3, 0.4) is 0 Å². The molecular formula is C25H27F3N6O3.